The van der Waals surface area contributed by atoms with Crippen LogP contribution in [0, 0.1) is 0 Å². The predicted molar refractivity (Wildman–Crippen MR) is 186 cm³/mol. The Labute approximate surface area is 285 Å². The maximum absolute atomic E-state index is 13.5. The molecule has 1 unspecified atom stereocenters. The third-order valence-electron chi connectivity index (χ3n) is 8.66. The Hall–Kier alpha value is -3.83. The van der Waals surface area contributed by atoms with Crippen LogP contribution >= 0.6 is 0 Å². The molecule has 260 valence electrons. The summed E-state index contributed by atoms with van der Waals surface area (Å²) in [6.45, 7) is 6.61. The number of benzene rings is 1. The van der Waals surface area contributed by atoms with Crippen LogP contribution in [0.25, 0.3) is 0 Å². The van der Waals surface area contributed by atoms with Gasteiger partial charge in [0, 0.05) is 12.4 Å². The third-order valence-corrected chi connectivity index (χ3v) is 10.1. The topological polar surface area (TPSA) is 139 Å². The summed E-state index contributed by atoms with van der Waals surface area (Å²) in [6.07, 6.45) is 14.8. The van der Waals surface area contributed by atoms with Gasteiger partial charge < -0.3 is 9.84 Å². The van der Waals surface area contributed by atoms with Crippen molar-refractivity contribution in [2.75, 3.05) is 11.4 Å². The predicted octanol–water partition coefficient (Wildman–Crippen LogP) is 7.74. The van der Waals surface area contributed by atoms with Crippen molar-refractivity contribution < 1.29 is 27.9 Å². The highest BCUT2D eigenvalue weighted by atomic mass is 32.2. The number of aliphatic carboxylic acids is 1. The molecule has 1 aliphatic carbocycles. The first kappa shape index (κ1) is 37.0. The molecule has 1 fully saturated rings. The Kier molecular flexibility index (Phi) is 12.7. The van der Waals surface area contributed by atoms with Crippen LogP contribution in [-0.2, 0) is 31.4 Å². The highest BCUT2D eigenvalue weighted by Gasteiger charge is 2.43. The molecule has 0 bridgehead atoms. The molecule has 48 heavy (non-hydrogen) atoms. The fourth-order valence-electron chi connectivity index (χ4n) is 5.93. The lowest BCUT2D eigenvalue weighted by atomic mass is 9.88. The number of carbonyl (C=O) groups excluding carboxylic acids is 1. The van der Waals surface area contributed by atoms with Gasteiger partial charge in [-0.2, -0.15) is 0 Å². The zero-order valence-corrected chi connectivity index (χ0v) is 29.5. The lowest BCUT2D eigenvalue weighted by Gasteiger charge is -2.26. The van der Waals surface area contributed by atoms with E-state index in [4.69, 9.17) is 4.74 Å². The van der Waals surface area contributed by atoms with Gasteiger partial charge in [0.05, 0.1) is 11.7 Å². The van der Waals surface area contributed by atoms with Gasteiger partial charge in [-0.3, -0.25) is 14.7 Å². The maximum atomic E-state index is 13.5. The van der Waals surface area contributed by atoms with Crippen molar-refractivity contribution in [1.29, 1.82) is 0 Å². The molecule has 2 heterocycles. The summed E-state index contributed by atoms with van der Waals surface area (Å²) < 4.78 is 35.2. The summed E-state index contributed by atoms with van der Waals surface area (Å²) >= 11 is 0. The van der Waals surface area contributed by atoms with E-state index in [-0.39, 0.29) is 22.5 Å². The van der Waals surface area contributed by atoms with Gasteiger partial charge >= 0.3 is 12.1 Å². The fraction of sp³-hybridized carbons (Fsp3) is 0.514. The first-order valence-corrected chi connectivity index (χ1v) is 18.5. The van der Waals surface area contributed by atoms with Crippen LogP contribution in [0.15, 0.2) is 71.9 Å². The van der Waals surface area contributed by atoms with Crippen molar-refractivity contribution in [2.24, 2.45) is 0 Å². The Balaban J connectivity index is 1.56. The Bertz CT molecular complexity index is 1600. The highest BCUT2D eigenvalue weighted by molar-refractivity contribution is 7.89. The molecule has 11 heteroatoms. The summed E-state index contributed by atoms with van der Waals surface area (Å²) in [5.74, 6) is -1.21. The van der Waals surface area contributed by atoms with Crippen LogP contribution in [0.3, 0.4) is 0 Å². The summed E-state index contributed by atoms with van der Waals surface area (Å²) in [5.41, 5.74) is 1.93. The van der Waals surface area contributed by atoms with Gasteiger partial charge in [-0.15, -0.1) is 0 Å². The van der Waals surface area contributed by atoms with E-state index in [1.165, 1.54) is 94.3 Å². The van der Waals surface area contributed by atoms with Gasteiger partial charge in [0.15, 0.2) is 0 Å². The minimum Gasteiger partial charge on any atom is -0.480 e. The lowest BCUT2D eigenvalue weighted by molar-refractivity contribution is -0.135. The van der Waals surface area contributed by atoms with Gasteiger partial charge in [0.2, 0.25) is 10.0 Å². The van der Waals surface area contributed by atoms with Crippen molar-refractivity contribution in [2.45, 2.75) is 120 Å². The van der Waals surface area contributed by atoms with Gasteiger partial charge in [-0.05, 0) is 87.3 Å². The second kappa shape index (κ2) is 16.5. The van der Waals surface area contributed by atoms with Crippen LogP contribution in [0.1, 0.15) is 115 Å². The van der Waals surface area contributed by atoms with Crippen LogP contribution in [0.2, 0.25) is 0 Å². The minimum atomic E-state index is -4.01. The van der Waals surface area contributed by atoms with Gasteiger partial charge in [-0.25, -0.2) is 22.9 Å². The van der Waals surface area contributed by atoms with E-state index in [9.17, 15) is 23.1 Å². The number of hydrogen-bond donors (Lipinski definition) is 2. The average molecular weight is 679 g/mol. The van der Waals surface area contributed by atoms with E-state index in [0.29, 0.717) is 5.69 Å². The van der Waals surface area contributed by atoms with E-state index in [1.807, 2.05) is 12.1 Å². The minimum absolute atomic E-state index is 0.00352. The second-order valence-electron chi connectivity index (χ2n) is 13.8. The average Bonchev–Trinajstić information content (AvgIpc) is 3.83. The molecule has 4 rings (SSSR count). The number of ether oxygens (including phenoxy) is 1. The number of unbranched alkanes of at least 4 members (excludes halogenated alkanes) is 6. The number of pyridine rings is 2. The summed E-state index contributed by atoms with van der Waals surface area (Å²) in [5, 5.41) is 9.55. The molecule has 0 saturated heterocycles. The van der Waals surface area contributed by atoms with E-state index < -0.39 is 40.3 Å². The van der Waals surface area contributed by atoms with Gasteiger partial charge in [0.1, 0.15) is 22.9 Å². The Morgan fingerprint density at radius 3 is 2.27 bits per heavy atom. The van der Waals surface area contributed by atoms with Crippen molar-refractivity contribution in [3.8, 4) is 0 Å². The number of carboxylic acids is 1. The van der Waals surface area contributed by atoms with Crippen LogP contribution < -0.4 is 9.62 Å². The summed E-state index contributed by atoms with van der Waals surface area (Å²) in [6, 6.07) is 15.4. The van der Waals surface area contributed by atoms with Crippen molar-refractivity contribution in [3.05, 3.63) is 83.8 Å². The molecule has 10 nitrogen and oxygen atoms in total. The molecule has 0 radical (unpaired) electrons. The molecular formula is C37H50N4O6S. The van der Waals surface area contributed by atoms with Gasteiger partial charge in [0.25, 0.3) is 0 Å². The van der Waals surface area contributed by atoms with Crippen LogP contribution in [0.5, 0.6) is 0 Å². The molecule has 0 aliphatic heterocycles. The largest absolute Gasteiger partial charge is 0.480 e. The molecule has 0 spiro atoms. The third kappa shape index (κ3) is 10.8. The van der Waals surface area contributed by atoms with Crippen LogP contribution in [-0.4, -0.2) is 47.7 Å². The van der Waals surface area contributed by atoms with E-state index in [1.54, 1.807) is 39.0 Å². The Morgan fingerprint density at radius 1 is 0.979 bits per heavy atom. The monoisotopic (exact) mass is 678 g/mol. The molecule has 1 aromatic carbocycles. The number of sulfonamides is 1. The zero-order chi connectivity index (χ0) is 34.8. The SMILES string of the molecule is CCCCCCCCCC1(c2ccc(CC(NS(=O)(=O)c3cccnc3)c3cccc(N(CC(=O)O)C(=O)OC(C)(C)C)n3)cc2)CC1. The molecule has 2 N–H and O–H groups in total. The second-order valence-corrected chi connectivity index (χ2v) is 15.5. The lowest BCUT2D eigenvalue weighted by Crippen LogP contribution is -2.40. The Morgan fingerprint density at radius 2 is 1.67 bits per heavy atom. The van der Waals surface area contributed by atoms with E-state index in [2.05, 4.69) is 33.7 Å². The number of hydrogen-bond acceptors (Lipinski definition) is 7. The number of carboxylic acid groups (broad SMARTS) is 1. The van der Waals surface area contributed by atoms with E-state index >= 15 is 0 Å². The first-order valence-electron chi connectivity index (χ1n) is 17.0. The molecular weight excluding hydrogens is 628 g/mol. The number of rotatable bonds is 18. The number of anilines is 1. The summed E-state index contributed by atoms with van der Waals surface area (Å²) in [4.78, 5) is 34.2. The van der Waals surface area contributed by atoms with E-state index in [0.717, 1.165) is 10.5 Å². The summed E-state index contributed by atoms with van der Waals surface area (Å²) in [7, 11) is -4.01. The molecule has 1 aliphatic rings. The van der Waals surface area contributed by atoms with Crippen molar-refractivity contribution in [1.82, 2.24) is 14.7 Å². The molecule has 1 amide bonds. The first-order chi connectivity index (χ1) is 22.8. The maximum Gasteiger partial charge on any atom is 0.416 e. The number of nitrogens with zero attached hydrogens (tertiary/aromatic N) is 3. The molecule has 3 aromatic rings. The molecule has 2 aromatic heterocycles. The van der Waals surface area contributed by atoms with Crippen molar-refractivity contribution in [3.63, 3.8) is 0 Å². The number of aromatic nitrogens is 2. The smallest absolute Gasteiger partial charge is 0.416 e. The number of amides is 1. The molecule has 1 saturated carbocycles. The highest BCUT2D eigenvalue weighted by Crippen LogP contribution is 2.52. The van der Waals surface area contributed by atoms with Crippen LogP contribution in [0.4, 0.5) is 10.6 Å². The number of carbonyl (C=O) groups is 2. The molecule has 1 atom stereocenters. The quantitative estimate of drug-likeness (QED) is 0.130. The zero-order valence-electron chi connectivity index (χ0n) is 28.7. The van der Waals surface area contributed by atoms with Gasteiger partial charge in [-0.1, -0.05) is 82.2 Å². The normalized spacial score (nSPS) is 14.7. The number of nitrogens with one attached hydrogen (secondary N) is 1. The standard InChI is InChI=1S/C37H50N4O6S/c1-5-6-7-8-9-10-11-21-37(22-23-37)29-19-17-28(18-20-29)25-32(40-48(45,46)30-14-13-24-38-26-30)31-15-12-16-33(39-31)41(27-34(42)43)35(44)47-36(2,3)4/h12-20,24,26,32,40H,5-11,21-23,25,27H2,1-4H3,(H,42,43). The van der Waals surface area contributed by atoms with Crippen molar-refractivity contribution >= 4 is 27.9 Å². The fourth-order valence-corrected chi connectivity index (χ4v) is 7.10.